The highest BCUT2D eigenvalue weighted by Gasteiger charge is 2.30. The summed E-state index contributed by atoms with van der Waals surface area (Å²) in [5, 5.41) is 4.47. The van der Waals surface area contributed by atoms with Crippen LogP contribution in [0.4, 0.5) is 0 Å². The SMILES string of the molecule is CC(=O)N1CCC(CC(=O)N2CCn3c(nn(CC4CC4)c3=O)C2)CC1. The first-order valence-electron chi connectivity index (χ1n) is 9.71. The van der Waals surface area contributed by atoms with Crippen LogP contribution in [0, 0.1) is 11.8 Å². The van der Waals surface area contributed by atoms with Crippen LogP contribution < -0.4 is 5.69 Å². The van der Waals surface area contributed by atoms with Crippen LogP contribution in [0.25, 0.3) is 0 Å². The minimum atomic E-state index is -0.0318. The van der Waals surface area contributed by atoms with E-state index >= 15 is 0 Å². The summed E-state index contributed by atoms with van der Waals surface area (Å²) in [7, 11) is 0. The molecule has 8 nitrogen and oxygen atoms in total. The molecule has 0 bridgehead atoms. The highest BCUT2D eigenvalue weighted by molar-refractivity contribution is 5.76. The van der Waals surface area contributed by atoms with E-state index in [1.54, 1.807) is 16.2 Å². The molecular formula is C18H27N5O3. The molecule has 26 heavy (non-hydrogen) atoms. The molecule has 1 aromatic rings. The molecule has 0 radical (unpaired) electrons. The number of aromatic nitrogens is 3. The molecule has 0 unspecified atom stereocenters. The van der Waals surface area contributed by atoms with Crippen molar-refractivity contribution in [1.29, 1.82) is 0 Å². The van der Waals surface area contributed by atoms with Gasteiger partial charge in [0.15, 0.2) is 5.82 Å². The van der Waals surface area contributed by atoms with Crippen LogP contribution >= 0.6 is 0 Å². The minimum absolute atomic E-state index is 0.0318. The molecule has 1 aromatic heterocycles. The lowest BCUT2D eigenvalue weighted by Gasteiger charge is -2.33. The van der Waals surface area contributed by atoms with Crippen LogP contribution in [-0.4, -0.2) is 55.6 Å². The summed E-state index contributed by atoms with van der Waals surface area (Å²) in [6, 6.07) is 0. The van der Waals surface area contributed by atoms with Crippen molar-refractivity contribution in [3.05, 3.63) is 16.3 Å². The number of rotatable bonds is 4. The van der Waals surface area contributed by atoms with Gasteiger partial charge in [-0.3, -0.25) is 14.2 Å². The lowest BCUT2D eigenvalue weighted by molar-refractivity contribution is -0.134. The molecule has 1 saturated heterocycles. The van der Waals surface area contributed by atoms with E-state index in [2.05, 4.69) is 5.10 Å². The van der Waals surface area contributed by atoms with Gasteiger partial charge in [-0.2, -0.15) is 5.10 Å². The Morgan fingerprint density at radius 2 is 1.73 bits per heavy atom. The third-order valence-corrected chi connectivity index (χ3v) is 5.93. The monoisotopic (exact) mass is 361 g/mol. The standard InChI is InChI=1S/C18H27N5O3/c1-13(24)20-6-4-14(5-7-20)10-17(25)21-8-9-22-16(12-21)19-23(18(22)26)11-15-2-3-15/h14-15H,2-12H2,1H3. The number of piperidine rings is 1. The summed E-state index contributed by atoms with van der Waals surface area (Å²) < 4.78 is 3.30. The predicted molar refractivity (Wildman–Crippen MR) is 94.2 cm³/mol. The number of carbonyl (C=O) groups is 2. The molecule has 1 aliphatic carbocycles. The Hall–Kier alpha value is -2.12. The van der Waals surface area contributed by atoms with E-state index in [4.69, 9.17) is 0 Å². The van der Waals surface area contributed by atoms with E-state index in [1.807, 2.05) is 9.80 Å². The van der Waals surface area contributed by atoms with Crippen molar-refractivity contribution in [2.45, 2.75) is 58.7 Å². The highest BCUT2D eigenvalue weighted by atomic mass is 16.2. The summed E-state index contributed by atoms with van der Waals surface area (Å²) in [6.07, 6.45) is 4.67. The van der Waals surface area contributed by atoms with Crippen LogP contribution in [0.1, 0.15) is 44.9 Å². The third kappa shape index (κ3) is 3.54. The number of hydrogen-bond acceptors (Lipinski definition) is 4. The highest BCUT2D eigenvalue weighted by Crippen LogP contribution is 2.30. The van der Waals surface area contributed by atoms with Crippen molar-refractivity contribution in [3.8, 4) is 0 Å². The molecule has 8 heteroatoms. The lowest BCUT2D eigenvalue weighted by Crippen LogP contribution is -2.43. The Kier molecular flexibility index (Phi) is 4.58. The third-order valence-electron chi connectivity index (χ3n) is 5.93. The molecular weight excluding hydrogens is 334 g/mol. The summed E-state index contributed by atoms with van der Waals surface area (Å²) in [5.41, 5.74) is -0.0318. The predicted octanol–water partition coefficient (Wildman–Crippen LogP) is 0.446. The van der Waals surface area contributed by atoms with Crippen molar-refractivity contribution in [3.63, 3.8) is 0 Å². The van der Waals surface area contributed by atoms with E-state index < -0.39 is 0 Å². The van der Waals surface area contributed by atoms with Gasteiger partial charge in [-0.05, 0) is 37.5 Å². The van der Waals surface area contributed by atoms with E-state index in [-0.39, 0.29) is 17.5 Å². The van der Waals surface area contributed by atoms with Crippen LogP contribution in [0.3, 0.4) is 0 Å². The van der Waals surface area contributed by atoms with Gasteiger partial charge in [-0.15, -0.1) is 0 Å². The molecule has 1 saturated carbocycles. The largest absolute Gasteiger partial charge is 0.346 e. The zero-order chi connectivity index (χ0) is 18.3. The first kappa shape index (κ1) is 17.3. The minimum Gasteiger partial charge on any atom is -0.343 e. The molecule has 3 heterocycles. The Balaban J connectivity index is 1.34. The Labute approximate surface area is 152 Å². The molecule has 2 fully saturated rings. The second-order valence-corrected chi connectivity index (χ2v) is 7.94. The average Bonchev–Trinajstić information content (AvgIpc) is 3.39. The number of carbonyl (C=O) groups excluding carboxylic acids is 2. The Morgan fingerprint density at radius 1 is 1.00 bits per heavy atom. The van der Waals surface area contributed by atoms with E-state index in [0.29, 0.717) is 50.3 Å². The van der Waals surface area contributed by atoms with Crippen LogP contribution in [-0.2, 0) is 29.2 Å². The van der Waals surface area contributed by atoms with Crippen molar-refractivity contribution < 1.29 is 9.59 Å². The van der Waals surface area contributed by atoms with Crippen molar-refractivity contribution in [2.75, 3.05) is 19.6 Å². The fraction of sp³-hybridized carbons (Fsp3) is 0.778. The zero-order valence-electron chi connectivity index (χ0n) is 15.4. The van der Waals surface area contributed by atoms with Crippen molar-refractivity contribution in [2.24, 2.45) is 11.8 Å². The smallest absolute Gasteiger partial charge is 0.343 e. The average molecular weight is 361 g/mol. The number of nitrogens with zero attached hydrogens (tertiary/aromatic N) is 5. The fourth-order valence-electron chi connectivity index (χ4n) is 4.00. The maximum Gasteiger partial charge on any atom is 0.346 e. The second-order valence-electron chi connectivity index (χ2n) is 7.94. The van der Waals surface area contributed by atoms with Gasteiger partial charge in [0.25, 0.3) is 0 Å². The van der Waals surface area contributed by atoms with Gasteiger partial charge in [0.1, 0.15) is 0 Å². The molecule has 3 aliphatic rings. The Bertz CT molecular complexity index is 755. The van der Waals surface area contributed by atoms with Gasteiger partial charge in [-0.25, -0.2) is 9.48 Å². The maximum atomic E-state index is 12.7. The first-order valence-corrected chi connectivity index (χ1v) is 9.71. The normalized spacial score (nSPS) is 21.0. The van der Waals surface area contributed by atoms with Gasteiger partial charge < -0.3 is 9.80 Å². The molecule has 0 spiro atoms. The Morgan fingerprint density at radius 3 is 2.38 bits per heavy atom. The van der Waals surface area contributed by atoms with Crippen molar-refractivity contribution in [1.82, 2.24) is 24.1 Å². The first-order chi connectivity index (χ1) is 12.5. The number of amides is 2. The van der Waals surface area contributed by atoms with Crippen molar-refractivity contribution >= 4 is 11.8 Å². The topological polar surface area (TPSA) is 80.4 Å². The molecule has 142 valence electrons. The zero-order valence-corrected chi connectivity index (χ0v) is 15.4. The number of hydrogen-bond donors (Lipinski definition) is 0. The summed E-state index contributed by atoms with van der Waals surface area (Å²) in [6.45, 7) is 5.35. The van der Waals surface area contributed by atoms with Gasteiger partial charge in [-0.1, -0.05) is 0 Å². The van der Waals surface area contributed by atoms with Gasteiger partial charge in [0.05, 0.1) is 6.54 Å². The molecule has 4 rings (SSSR count). The van der Waals surface area contributed by atoms with Crippen LogP contribution in [0.15, 0.2) is 4.79 Å². The number of fused-ring (bicyclic) bond motifs is 1. The quantitative estimate of drug-likeness (QED) is 0.780. The van der Waals surface area contributed by atoms with Crippen LogP contribution in [0.5, 0.6) is 0 Å². The maximum absolute atomic E-state index is 12.7. The molecule has 2 aliphatic heterocycles. The van der Waals surface area contributed by atoms with Gasteiger partial charge in [0.2, 0.25) is 11.8 Å². The lowest BCUT2D eigenvalue weighted by atomic mass is 9.93. The van der Waals surface area contributed by atoms with Gasteiger partial charge >= 0.3 is 5.69 Å². The summed E-state index contributed by atoms with van der Waals surface area (Å²) in [4.78, 5) is 40.2. The summed E-state index contributed by atoms with van der Waals surface area (Å²) in [5.74, 6) is 1.91. The van der Waals surface area contributed by atoms with E-state index in [1.165, 1.54) is 12.8 Å². The molecule has 2 amide bonds. The van der Waals surface area contributed by atoms with Crippen LogP contribution in [0.2, 0.25) is 0 Å². The van der Waals surface area contributed by atoms with Gasteiger partial charge in [0, 0.05) is 46.1 Å². The molecule has 0 N–H and O–H groups in total. The number of likely N-dealkylation sites (tertiary alicyclic amines) is 1. The molecule has 0 aromatic carbocycles. The fourth-order valence-corrected chi connectivity index (χ4v) is 4.00. The summed E-state index contributed by atoms with van der Waals surface area (Å²) >= 11 is 0. The molecule has 0 atom stereocenters. The second kappa shape index (κ2) is 6.89. The van der Waals surface area contributed by atoms with E-state index in [9.17, 15) is 14.4 Å². The van der Waals surface area contributed by atoms with E-state index in [0.717, 1.165) is 25.9 Å².